The number of hydrogen-bond donors (Lipinski definition) is 0. The molecule has 0 radical (unpaired) electrons. The highest BCUT2D eigenvalue weighted by atomic mass is 79.9. The van der Waals surface area contributed by atoms with Gasteiger partial charge in [-0.25, -0.2) is 4.98 Å². The summed E-state index contributed by atoms with van der Waals surface area (Å²) in [6, 6.07) is 17.2. The molecule has 0 amide bonds. The molecule has 0 saturated heterocycles. The molecule has 1 heterocycles. The van der Waals surface area contributed by atoms with E-state index in [1.165, 1.54) is 0 Å². The minimum Gasteiger partial charge on any atom is -0.490 e. The van der Waals surface area contributed by atoms with Crippen LogP contribution in [0.1, 0.15) is 12.3 Å². The Morgan fingerprint density at radius 1 is 1.04 bits per heavy atom. The summed E-state index contributed by atoms with van der Waals surface area (Å²) in [5.41, 5.74) is 0.957. The summed E-state index contributed by atoms with van der Waals surface area (Å²) in [5, 5.41) is 0. The van der Waals surface area contributed by atoms with Gasteiger partial charge in [0.1, 0.15) is 19.0 Å². The molecule has 0 fully saturated rings. The summed E-state index contributed by atoms with van der Waals surface area (Å²) in [6.07, 6.45) is 2.29. The Balaban J connectivity index is 1.36. The number of carbonyl (C=O) groups is 1. The maximum absolute atomic E-state index is 11.8. The first-order valence-electron chi connectivity index (χ1n) is 8.25. The zero-order valence-corrected chi connectivity index (χ0v) is 15.6. The fourth-order valence-electron chi connectivity index (χ4n) is 2.29. The summed E-state index contributed by atoms with van der Waals surface area (Å²) in [5.74, 6) is 1.64. The lowest BCUT2D eigenvalue weighted by Gasteiger charge is -2.07. The minimum atomic E-state index is -0.302. The molecule has 0 N–H and O–H groups in total. The van der Waals surface area contributed by atoms with E-state index >= 15 is 0 Å². The molecular formula is C20H18BrNO4. The normalized spacial score (nSPS) is 10.5. The Morgan fingerprint density at radius 2 is 1.81 bits per heavy atom. The van der Waals surface area contributed by atoms with Crippen molar-refractivity contribution in [2.45, 2.75) is 12.8 Å². The second-order valence-corrected chi connectivity index (χ2v) is 6.42. The van der Waals surface area contributed by atoms with Gasteiger partial charge in [-0.15, -0.1) is 0 Å². The van der Waals surface area contributed by atoms with Gasteiger partial charge < -0.3 is 13.9 Å². The zero-order chi connectivity index (χ0) is 18.2. The molecule has 0 atom stereocenters. The van der Waals surface area contributed by atoms with Crippen LogP contribution in [0.15, 0.2) is 69.7 Å². The number of halogens is 1. The van der Waals surface area contributed by atoms with Crippen molar-refractivity contribution in [3.8, 4) is 17.1 Å². The number of nitrogens with zero attached hydrogens (tertiary/aromatic N) is 1. The number of ether oxygens (including phenoxy) is 2. The van der Waals surface area contributed by atoms with E-state index in [0.717, 1.165) is 15.8 Å². The molecule has 0 saturated carbocycles. The van der Waals surface area contributed by atoms with Crippen molar-refractivity contribution in [1.82, 2.24) is 4.98 Å². The molecular weight excluding hydrogens is 398 g/mol. The lowest BCUT2D eigenvalue weighted by Crippen LogP contribution is -2.12. The van der Waals surface area contributed by atoms with Gasteiger partial charge in [-0.05, 0) is 24.3 Å². The number of aromatic nitrogens is 1. The maximum Gasteiger partial charge on any atom is 0.306 e. The fourth-order valence-corrected chi connectivity index (χ4v) is 2.55. The Morgan fingerprint density at radius 3 is 2.58 bits per heavy atom. The van der Waals surface area contributed by atoms with E-state index < -0.39 is 0 Å². The van der Waals surface area contributed by atoms with Gasteiger partial charge in [0.25, 0.3) is 0 Å². The molecule has 6 heteroatoms. The third-order valence-corrected chi connectivity index (χ3v) is 4.11. The molecule has 1 aromatic heterocycles. The molecule has 2 aromatic carbocycles. The van der Waals surface area contributed by atoms with Crippen LogP contribution in [0.25, 0.3) is 11.3 Å². The van der Waals surface area contributed by atoms with Crippen molar-refractivity contribution in [2.24, 2.45) is 0 Å². The van der Waals surface area contributed by atoms with Gasteiger partial charge in [-0.3, -0.25) is 4.79 Å². The lowest BCUT2D eigenvalue weighted by molar-refractivity contribution is -0.144. The highest BCUT2D eigenvalue weighted by Gasteiger charge is 2.09. The number of benzene rings is 2. The summed E-state index contributed by atoms with van der Waals surface area (Å²) in [7, 11) is 0. The van der Waals surface area contributed by atoms with E-state index in [4.69, 9.17) is 13.9 Å². The lowest BCUT2D eigenvalue weighted by atomic mass is 10.2. The van der Waals surface area contributed by atoms with Crippen LogP contribution in [0.4, 0.5) is 0 Å². The quantitative estimate of drug-likeness (QED) is 0.395. The minimum absolute atomic E-state index is 0.204. The van der Waals surface area contributed by atoms with Crippen molar-refractivity contribution in [2.75, 3.05) is 13.2 Å². The Bertz CT molecular complexity index is 831. The molecule has 0 aliphatic rings. The Kier molecular flexibility index (Phi) is 6.44. The summed E-state index contributed by atoms with van der Waals surface area (Å²) < 4.78 is 17.3. The number of aryl methyl sites for hydroxylation is 1. The number of hydrogen-bond acceptors (Lipinski definition) is 5. The van der Waals surface area contributed by atoms with Crippen molar-refractivity contribution in [3.05, 3.63) is 71.2 Å². The highest BCUT2D eigenvalue weighted by Crippen LogP contribution is 2.20. The first-order valence-corrected chi connectivity index (χ1v) is 9.04. The number of rotatable bonds is 8. The van der Waals surface area contributed by atoms with Crippen molar-refractivity contribution < 1.29 is 18.7 Å². The predicted octanol–water partition coefficient (Wildman–Crippen LogP) is 4.66. The van der Waals surface area contributed by atoms with Gasteiger partial charge in [0.05, 0.1) is 12.6 Å². The van der Waals surface area contributed by atoms with Crippen molar-refractivity contribution >= 4 is 21.9 Å². The van der Waals surface area contributed by atoms with Gasteiger partial charge in [0.2, 0.25) is 0 Å². The van der Waals surface area contributed by atoms with Crippen molar-refractivity contribution in [3.63, 3.8) is 0 Å². The number of oxazole rings is 1. The molecule has 0 aliphatic heterocycles. The predicted molar refractivity (Wildman–Crippen MR) is 101 cm³/mol. The molecule has 3 aromatic rings. The van der Waals surface area contributed by atoms with E-state index in [1.54, 1.807) is 6.20 Å². The Labute approximate surface area is 160 Å². The van der Waals surface area contributed by atoms with Crippen LogP contribution in [0.3, 0.4) is 0 Å². The molecule has 134 valence electrons. The Hall–Kier alpha value is -2.60. The molecule has 5 nitrogen and oxygen atoms in total. The monoisotopic (exact) mass is 415 g/mol. The average molecular weight is 416 g/mol. The summed E-state index contributed by atoms with van der Waals surface area (Å²) in [6.45, 7) is 0.514. The largest absolute Gasteiger partial charge is 0.490 e. The third kappa shape index (κ3) is 5.46. The van der Waals surface area contributed by atoms with Crippen LogP contribution in [-0.2, 0) is 16.0 Å². The summed E-state index contributed by atoms with van der Waals surface area (Å²) >= 11 is 3.36. The van der Waals surface area contributed by atoms with Gasteiger partial charge >= 0.3 is 5.97 Å². The fraction of sp³-hybridized carbons (Fsp3) is 0.200. The van der Waals surface area contributed by atoms with Crippen LogP contribution in [-0.4, -0.2) is 24.2 Å². The second-order valence-electron chi connectivity index (χ2n) is 5.51. The highest BCUT2D eigenvalue weighted by molar-refractivity contribution is 9.10. The first kappa shape index (κ1) is 18.2. The summed E-state index contributed by atoms with van der Waals surface area (Å²) in [4.78, 5) is 16.0. The van der Waals surface area contributed by atoms with E-state index in [1.807, 2.05) is 54.6 Å². The standard InChI is InChI=1S/C20H18BrNO4/c21-16-6-8-17(9-7-16)24-12-13-25-20(23)11-10-19-22-14-18(26-19)15-4-2-1-3-5-15/h1-9,14H,10-13H2. The molecule has 26 heavy (non-hydrogen) atoms. The van der Waals surface area contributed by atoms with Gasteiger partial charge in [-0.2, -0.15) is 0 Å². The molecule has 0 aliphatic carbocycles. The van der Waals surface area contributed by atoms with E-state index in [9.17, 15) is 4.79 Å². The van der Waals surface area contributed by atoms with Crippen molar-refractivity contribution in [1.29, 1.82) is 0 Å². The van der Waals surface area contributed by atoms with E-state index in [-0.39, 0.29) is 19.0 Å². The van der Waals surface area contributed by atoms with Crippen LogP contribution < -0.4 is 4.74 Å². The van der Waals surface area contributed by atoms with Gasteiger partial charge in [-0.1, -0.05) is 46.3 Å². The maximum atomic E-state index is 11.8. The molecule has 3 rings (SSSR count). The zero-order valence-electron chi connectivity index (χ0n) is 14.1. The molecule has 0 spiro atoms. The van der Waals surface area contributed by atoms with Crippen LogP contribution in [0, 0.1) is 0 Å². The number of esters is 1. The van der Waals surface area contributed by atoms with E-state index in [2.05, 4.69) is 20.9 Å². The van der Waals surface area contributed by atoms with Gasteiger partial charge in [0.15, 0.2) is 11.7 Å². The second kappa shape index (κ2) is 9.20. The average Bonchev–Trinajstić information content (AvgIpc) is 3.15. The first-order chi connectivity index (χ1) is 12.7. The van der Waals surface area contributed by atoms with Crippen LogP contribution in [0.2, 0.25) is 0 Å². The SMILES string of the molecule is O=C(CCc1ncc(-c2ccccc2)o1)OCCOc1ccc(Br)cc1. The van der Waals surface area contributed by atoms with Gasteiger partial charge in [0, 0.05) is 16.5 Å². The van der Waals surface area contributed by atoms with Crippen LogP contribution >= 0.6 is 15.9 Å². The number of carbonyl (C=O) groups excluding carboxylic acids is 1. The molecule has 0 unspecified atom stereocenters. The van der Waals surface area contributed by atoms with E-state index in [0.29, 0.717) is 24.7 Å². The molecule has 0 bridgehead atoms. The smallest absolute Gasteiger partial charge is 0.306 e. The third-order valence-electron chi connectivity index (χ3n) is 3.58. The topological polar surface area (TPSA) is 61.6 Å². The van der Waals surface area contributed by atoms with Crippen LogP contribution in [0.5, 0.6) is 5.75 Å².